The van der Waals surface area contributed by atoms with E-state index in [0.29, 0.717) is 0 Å². The first-order valence-corrected chi connectivity index (χ1v) is 5.08. The van der Waals surface area contributed by atoms with E-state index in [9.17, 15) is 10.1 Å². The minimum Gasteiger partial charge on any atom is -0.396 e. The highest BCUT2D eigenvalue weighted by molar-refractivity contribution is 5.34. The van der Waals surface area contributed by atoms with Gasteiger partial charge in [-0.3, -0.25) is 10.1 Å². The lowest BCUT2D eigenvalue weighted by Crippen LogP contribution is -1.91. The third-order valence-electron chi connectivity index (χ3n) is 2.24. The van der Waals surface area contributed by atoms with Crippen molar-refractivity contribution in [2.45, 2.75) is 25.7 Å². The van der Waals surface area contributed by atoms with Gasteiger partial charge < -0.3 is 5.11 Å². The van der Waals surface area contributed by atoms with Crippen molar-refractivity contribution in [3.63, 3.8) is 0 Å². The molecular weight excluding hydrogens is 194 g/mol. The molecule has 0 spiro atoms. The van der Waals surface area contributed by atoms with Gasteiger partial charge in [0, 0.05) is 18.7 Å². The Hall–Kier alpha value is -1.42. The zero-order valence-corrected chi connectivity index (χ0v) is 8.56. The highest BCUT2D eigenvalue weighted by Gasteiger charge is 2.04. The highest BCUT2D eigenvalue weighted by Crippen LogP contribution is 2.15. The zero-order valence-electron chi connectivity index (χ0n) is 8.56. The first kappa shape index (κ1) is 11.7. The van der Waals surface area contributed by atoms with Crippen molar-refractivity contribution in [2.75, 3.05) is 6.61 Å². The molecule has 0 atom stereocenters. The Bertz CT molecular complexity index is 325. The predicted molar refractivity (Wildman–Crippen MR) is 57.7 cm³/mol. The summed E-state index contributed by atoms with van der Waals surface area (Å²) in [6, 6.07) is 6.71. The van der Waals surface area contributed by atoms with Crippen LogP contribution < -0.4 is 0 Å². The Morgan fingerprint density at radius 1 is 1.27 bits per heavy atom. The van der Waals surface area contributed by atoms with Crippen molar-refractivity contribution in [3.8, 4) is 0 Å². The summed E-state index contributed by atoms with van der Waals surface area (Å²) in [6.07, 6.45) is 3.55. The second kappa shape index (κ2) is 6.14. The van der Waals surface area contributed by atoms with Gasteiger partial charge in [-0.1, -0.05) is 18.6 Å². The summed E-state index contributed by atoms with van der Waals surface area (Å²) in [4.78, 5) is 10.1. The van der Waals surface area contributed by atoms with Crippen LogP contribution in [-0.2, 0) is 6.42 Å². The van der Waals surface area contributed by atoms with E-state index < -0.39 is 0 Å². The summed E-state index contributed by atoms with van der Waals surface area (Å²) in [7, 11) is 0. The number of hydrogen-bond donors (Lipinski definition) is 1. The first-order valence-electron chi connectivity index (χ1n) is 5.08. The van der Waals surface area contributed by atoms with Crippen LogP contribution in [0.2, 0.25) is 0 Å². The smallest absolute Gasteiger partial charge is 0.269 e. The number of benzene rings is 1. The molecule has 0 saturated carbocycles. The molecule has 1 N–H and O–H groups in total. The molecule has 0 amide bonds. The Labute approximate surface area is 88.7 Å². The molecule has 1 aromatic carbocycles. The van der Waals surface area contributed by atoms with Crippen LogP contribution in [0.5, 0.6) is 0 Å². The number of aliphatic hydroxyl groups excluding tert-OH is 1. The quantitative estimate of drug-likeness (QED) is 0.444. The van der Waals surface area contributed by atoms with Gasteiger partial charge in [-0.25, -0.2) is 0 Å². The average Bonchev–Trinajstić information content (AvgIpc) is 2.25. The number of aryl methyl sites for hydroxylation is 1. The van der Waals surface area contributed by atoms with Crippen molar-refractivity contribution >= 4 is 5.69 Å². The maximum absolute atomic E-state index is 10.5. The minimum absolute atomic E-state index is 0.148. The molecule has 0 fully saturated rings. The number of nitrogens with zero attached hydrogens (tertiary/aromatic N) is 1. The highest BCUT2D eigenvalue weighted by atomic mass is 16.6. The molecule has 0 unspecified atom stereocenters. The molecule has 0 aliphatic rings. The third kappa shape index (κ3) is 4.08. The lowest BCUT2D eigenvalue weighted by Gasteiger charge is -2.00. The van der Waals surface area contributed by atoms with Crippen LogP contribution in [0.1, 0.15) is 24.8 Å². The van der Waals surface area contributed by atoms with Gasteiger partial charge in [-0.05, 0) is 24.8 Å². The Balaban J connectivity index is 2.47. The van der Waals surface area contributed by atoms with Gasteiger partial charge in [0.2, 0.25) is 0 Å². The summed E-state index contributed by atoms with van der Waals surface area (Å²) in [5.41, 5.74) is 1.14. The van der Waals surface area contributed by atoms with Crippen molar-refractivity contribution in [1.29, 1.82) is 0 Å². The van der Waals surface area contributed by atoms with Crippen LogP contribution in [0.3, 0.4) is 0 Å². The number of aliphatic hydroxyl groups is 1. The number of non-ortho nitro benzene ring substituents is 1. The van der Waals surface area contributed by atoms with Gasteiger partial charge in [0.15, 0.2) is 0 Å². The van der Waals surface area contributed by atoms with Crippen LogP contribution in [-0.4, -0.2) is 16.6 Å². The Morgan fingerprint density at radius 3 is 2.73 bits per heavy atom. The summed E-state index contributed by atoms with van der Waals surface area (Å²) in [6.45, 7) is 0.217. The fourth-order valence-corrected chi connectivity index (χ4v) is 1.44. The van der Waals surface area contributed by atoms with Crippen LogP contribution in [0.4, 0.5) is 5.69 Å². The van der Waals surface area contributed by atoms with E-state index in [-0.39, 0.29) is 17.2 Å². The van der Waals surface area contributed by atoms with E-state index in [1.165, 1.54) is 6.07 Å². The van der Waals surface area contributed by atoms with E-state index in [4.69, 9.17) is 5.11 Å². The average molecular weight is 209 g/mol. The summed E-state index contributed by atoms with van der Waals surface area (Å²) >= 11 is 0. The molecule has 0 heterocycles. The zero-order chi connectivity index (χ0) is 11.1. The molecule has 1 aromatic rings. The fourth-order valence-electron chi connectivity index (χ4n) is 1.44. The first-order chi connectivity index (χ1) is 7.24. The van der Waals surface area contributed by atoms with Crippen LogP contribution in [0.25, 0.3) is 0 Å². The van der Waals surface area contributed by atoms with Crippen LogP contribution in [0.15, 0.2) is 24.3 Å². The molecule has 0 aliphatic carbocycles. The van der Waals surface area contributed by atoms with Crippen molar-refractivity contribution in [2.24, 2.45) is 0 Å². The minimum atomic E-state index is -0.378. The summed E-state index contributed by atoms with van der Waals surface area (Å²) in [5.74, 6) is 0. The van der Waals surface area contributed by atoms with Gasteiger partial charge in [0.05, 0.1) is 4.92 Å². The predicted octanol–water partition coefficient (Wildman–Crippen LogP) is 2.30. The van der Waals surface area contributed by atoms with Crippen molar-refractivity contribution in [3.05, 3.63) is 39.9 Å². The molecule has 0 aliphatic heterocycles. The van der Waals surface area contributed by atoms with Gasteiger partial charge in [0.1, 0.15) is 0 Å². The second-order valence-corrected chi connectivity index (χ2v) is 3.46. The molecule has 0 aromatic heterocycles. The number of unbranched alkanes of at least 4 members (excludes halogenated alkanes) is 2. The Kier molecular flexibility index (Phi) is 4.77. The van der Waals surface area contributed by atoms with Gasteiger partial charge in [-0.15, -0.1) is 0 Å². The third-order valence-corrected chi connectivity index (χ3v) is 2.24. The topological polar surface area (TPSA) is 63.4 Å². The molecule has 0 bridgehead atoms. The van der Waals surface area contributed by atoms with E-state index >= 15 is 0 Å². The van der Waals surface area contributed by atoms with E-state index in [0.717, 1.165) is 31.2 Å². The largest absolute Gasteiger partial charge is 0.396 e. The lowest BCUT2D eigenvalue weighted by molar-refractivity contribution is -0.384. The monoisotopic (exact) mass is 209 g/mol. The number of nitro groups is 1. The molecule has 1 rings (SSSR count). The van der Waals surface area contributed by atoms with Gasteiger partial charge in [-0.2, -0.15) is 0 Å². The molecule has 0 saturated heterocycles. The van der Waals surface area contributed by atoms with E-state index in [2.05, 4.69) is 0 Å². The molecule has 4 heteroatoms. The molecule has 4 nitrogen and oxygen atoms in total. The number of nitro benzene ring substituents is 1. The Morgan fingerprint density at radius 2 is 2.07 bits per heavy atom. The van der Waals surface area contributed by atoms with Gasteiger partial charge >= 0.3 is 0 Å². The number of rotatable bonds is 6. The van der Waals surface area contributed by atoms with Crippen molar-refractivity contribution in [1.82, 2.24) is 0 Å². The fraction of sp³-hybridized carbons (Fsp3) is 0.455. The lowest BCUT2D eigenvalue weighted by atomic mass is 10.1. The molecule has 15 heavy (non-hydrogen) atoms. The molecule has 82 valence electrons. The maximum Gasteiger partial charge on any atom is 0.269 e. The van der Waals surface area contributed by atoms with E-state index in [1.54, 1.807) is 12.1 Å². The normalized spacial score (nSPS) is 10.2. The summed E-state index contributed by atoms with van der Waals surface area (Å²) in [5, 5.41) is 19.1. The summed E-state index contributed by atoms with van der Waals surface area (Å²) < 4.78 is 0. The standard InChI is InChI=1S/C11H15NO3/c13-8-3-1-2-5-10-6-4-7-11(9-10)12(14)15/h4,6-7,9,13H,1-3,5,8H2. The molecule has 0 radical (unpaired) electrons. The SMILES string of the molecule is O=[N+]([O-])c1cccc(CCCCCO)c1. The molecular formula is C11H15NO3. The van der Waals surface area contributed by atoms with Crippen LogP contribution in [0, 0.1) is 10.1 Å². The van der Waals surface area contributed by atoms with E-state index in [1.807, 2.05) is 6.07 Å². The second-order valence-electron chi connectivity index (χ2n) is 3.46. The van der Waals surface area contributed by atoms with Crippen molar-refractivity contribution < 1.29 is 10.0 Å². The maximum atomic E-state index is 10.5. The van der Waals surface area contributed by atoms with Gasteiger partial charge in [0.25, 0.3) is 5.69 Å². The van der Waals surface area contributed by atoms with Crippen LogP contribution >= 0.6 is 0 Å². The number of hydrogen-bond acceptors (Lipinski definition) is 3.